The Balaban J connectivity index is 2.21. The first-order chi connectivity index (χ1) is 10.8. The molecule has 1 fully saturated rings. The molecule has 1 aromatic rings. The Kier molecular flexibility index (Phi) is 5.78. The van der Waals surface area contributed by atoms with Gasteiger partial charge in [-0.2, -0.15) is 0 Å². The fraction of sp³-hybridized carbons (Fsp3) is 0.562. The molecular weight excluding hydrogens is 314 g/mol. The van der Waals surface area contributed by atoms with Crippen molar-refractivity contribution >= 4 is 15.9 Å². The highest BCUT2D eigenvalue weighted by Gasteiger charge is 2.28. The summed E-state index contributed by atoms with van der Waals surface area (Å²) in [5.74, 6) is 0.0644. The first kappa shape index (κ1) is 17.9. The number of nitrogens with one attached hydrogen (secondary N) is 1. The average Bonchev–Trinajstić information content (AvgIpc) is 3.06. The summed E-state index contributed by atoms with van der Waals surface area (Å²) >= 11 is 0. The van der Waals surface area contributed by atoms with E-state index in [2.05, 4.69) is 4.72 Å². The quantitative estimate of drug-likeness (QED) is 0.814. The van der Waals surface area contributed by atoms with Gasteiger partial charge >= 0.3 is 0 Å². The largest absolute Gasteiger partial charge is 0.345 e. The molecule has 0 aliphatic heterocycles. The van der Waals surface area contributed by atoms with E-state index in [1.807, 2.05) is 0 Å². The molecule has 0 saturated heterocycles. The van der Waals surface area contributed by atoms with Crippen LogP contribution in [0, 0.1) is 5.92 Å². The average molecular weight is 339 g/mol. The van der Waals surface area contributed by atoms with Crippen LogP contribution in [0.2, 0.25) is 0 Å². The van der Waals surface area contributed by atoms with Gasteiger partial charge in [-0.05, 0) is 37.0 Å². The highest BCUT2D eigenvalue weighted by molar-refractivity contribution is 7.89. The Morgan fingerprint density at radius 2 is 2.00 bits per heavy atom. The minimum atomic E-state index is -3.69. The molecule has 1 unspecified atom stereocenters. The fourth-order valence-corrected chi connectivity index (χ4v) is 4.38. The predicted octanol–water partition coefficient (Wildman–Crippen LogP) is 1.18. The molecule has 1 aliphatic rings. The van der Waals surface area contributed by atoms with Crippen molar-refractivity contribution in [2.45, 2.75) is 36.6 Å². The van der Waals surface area contributed by atoms with E-state index < -0.39 is 10.0 Å². The zero-order chi connectivity index (χ0) is 17.0. The van der Waals surface area contributed by atoms with Crippen LogP contribution in [-0.2, 0) is 10.0 Å². The number of benzene rings is 1. The van der Waals surface area contributed by atoms with Crippen LogP contribution < -0.4 is 10.5 Å². The molecule has 0 aromatic heterocycles. The maximum absolute atomic E-state index is 12.6. The monoisotopic (exact) mass is 339 g/mol. The fourth-order valence-electron chi connectivity index (χ4n) is 3.02. The Morgan fingerprint density at radius 1 is 1.35 bits per heavy atom. The smallest absolute Gasteiger partial charge is 0.253 e. The lowest BCUT2D eigenvalue weighted by Gasteiger charge is -2.23. The number of rotatable bonds is 6. The molecule has 6 nitrogen and oxygen atoms in total. The van der Waals surface area contributed by atoms with E-state index >= 15 is 0 Å². The summed E-state index contributed by atoms with van der Waals surface area (Å²) in [6.07, 6.45) is 4.25. The number of carbonyl (C=O) groups is 1. The first-order valence-corrected chi connectivity index (χ1v) is 9.37. The Morgan fingerprint density at radius 3 is 2.57 bits per heavy atom. The third-order valence-corrected chi connectivity index (χ3v) is 5.81. The molecule has 1 aliphatic carbocycles. The normalized spacial score (nSPS) is 17.2. The predicted molar refractivity (Wildman–Crippen MR) is 89.6 cm³/mol. The first-order valence-electron chi connectivity index (χ1n) is 7.89. The molecule has 1 aromatic carbocycles. The van der Waals surface area contributed by atoms with Gasteiger partial charge in [0.1, 0.15) is 0 Å². The summed E-state index contributed by atoms with van der Waals surface area (Å²) in [4.78, 5) is 13.5. The number of amides is 1. The van der Waals surface area contributed by atoms with Crippen LogP contribution >= 0.6 is 0 Å². The summed E-state index contributed by atoms with van der Waals surface area (Å²) in [5.41, 5.74) is 6.12. The van der Waals surface area contributed by atoms with Crippen molar-refractivity contribution in [3.05, 3.63) is 29.8 Å². The van der Waals surface area contributed by atoms with Gasteiger partial charge < -0.3 is 10.6 Å². The molecule has 0 spiro atoms. The van der Waals surface area contributed by atoms with Gasteiger partial charge in [-0.15, -0.1) is 0 Å². The van der Waals surface area contributed by atoms with Crippen LogP contribution in [0.3, 0.4) is 0 Å². The van der Waals surface area contributed by atoms with Crippen molar-refractivity contribution in [3.63, 3.8) is 0 Å². The van der Waals surface area contributed by atoms with Crippen molar-refractivity contribution in [1.82, 2.24) is 9.62 Å². The molecule has 1 atom stereocenters. The number of hydrogen-bond donors (Lipinski definition) is 2. The van der Waals surface area contributed by atoms with E-state index in [9.17, 15) is 13.2 Å². The third kappa shape index (κ3) is 4.31. The van der Waals surface area contributed by atoms with Gasteiger partial charge in [-0.25, -0.2) is 13.1 Å². The molecular formula is C16H25N3O3S. The van der Waals surface area contributed by atoms with Crippen LogP contribution in [0.4, 0.5) is 0 Å². The molecule has 0 bridgehead atoms. The summed E-state index contributed by atoms with van der Waals surface area (Å²) in [5, 5.41) is 0. The van der Waals surface area contributed by atoms with Gasteiger partial charge in [0.2, 0.25) is 10.0 Å². The van der Waals surface area contributed by atoms with Crippen LogP contribution in [0.15, 0.2) is 29.2 Å². The van der Waals surface area contributed by atoms with Crippen LogP contribution in [0.5, 0.6) is 0 Å². The SMILES string of the molecule is CN(C)C(=O)c1cccc(S(=O)(=O)NC(CN)C2CCCC2)c1. The van der Waals surface area contributed by atoms with E-state index in [1.54, 1.807) is 26.2 Å². The summed E-state index contributed by atoms with van der Waals surface area (Å²) in [6, 6.07) is 5.84. The van der Waals surface area contributed by atoms with Crippen molar-refractivity contribution in [2.24, 2.45) is 11.7 Å². The van der Waals surface area contributed by atoms with Gasteiger partial charge in [0.15, 0.2) is 0 Å². The standard InChI is InChI=1S/C16H25N3O3S/c1-19(2)16(20)13-8-5-9-14(10-13)23(21,22)18-15(11-17)12-6-3-4-7-12/h5,8-10,12,15,18H,3-4,6-7,11,17H2,1-2H3. The molecule has 1 saturated carbocycles. The number of nitrogens with zero attached hydrogens (tertiary/aromatic N) is 1. The summed E-state index contributed by atoms with van der Waals surface area (Å²) in [6.45, 7) is 0.278. The van der Waals surface area contributed by atoms with E-state index in [0.717, 1.165) is 25.7 Å². The maximum Gasteiger partial charge on any atom is 0.253 e. The van der Waals surface area contributed by atoms with Crippen molar-refractivity contribution in [2.75, 3.05) is 20.6 Å². The molecule has 7 heteroatoms. The minimum absolute atomic E-state index is 0.0987. The van der Waals surface area contributed by atoms with Gasteiger partial charge in [0.05, 0.1) is 4.90 Å². The van der Waals surface area contributed by atoms with E-state index in [4.69, 9.17) is 5.73 Å². The van der Waals surface area contributed by atoms with E-state index in [1.165, 1.54) is 17.0 Å². The highest BCUT2D eigenvalue weighted by Crippen LogP contribution is 2.28. The second-order valence-electron chi connectivity index (χ2n) is 6.24. The minimum Gasteiger partial charge on any atom is -0.345 e. The second kappa shape index (κ2) is 7.42. The lowest BCUT2D eigenvalue weighted by Crippen LogP contribution is -2.44. The van der Waals surface area contributed by atoms with Crippen molar-refractivity contribution in [1.29, 1.82) is 0 Å². The van der Waals surface area contributed by atoms with Crippen LogP contribution in [-0.4, -0.2) is 45.9 Å². The molecule has 2 rings (SSSR count). The van der Waals surface area contributed by atoms with Gasteiger partial charge in [0.25, 0.3) is 5.91 Å². The number of hydrogen-bond acceptors (Lipinski definition) is 4. The summed E-state index contributed by atoms with van der Waals surface area (Å²) in [7, 11) is -0.429. The molecule has 0 heterocycles. The van der Waals surface area contributed by atoms with E-state index in [-0.39, 0.29) is 23.4 Å². The van der Waals surface area contributed by atoms with Gasteiger partial charge in [0, 0.05) is 32.2 Å². The number of carbonyl (C=O) groups excluding carboxylic acids is 1. The zero-order valence-corrected chi connectivity index (χ0v) is 14.5. The van der Waals surface area contributed by atoms with Gasteiger partial charge in [-0.1, -0.05) is 18.9 Å². The molecule has 128 valence electrons. The maximum atomic E-state index is 12.6. The van der Waals surface area contributed by atoms with Gasteiger partial charge in [-0.3, -0.25) is 4.79 Å². The second-order valence-corrected chi connectivity index (χ2v) is 7.95. The topological polar surface area (TPSA) is 92.5 Å². The molecule has 23 heavy (non-hydrogen) atoms. The number of nitrogens with two attached hydrogens (primary N) is 1. The lowest BCUT2D eigenvalue weighted by atomic mass is 9.99. The Hall–Kier alpha value is -1.44. The van der Waals surface area contributed by atoms with Crippen LogP contribution in [0.1, 0.15) is 36.0 Å². The lowest BCUT2D eigenvalue weighted by molar-refractivity contribution is 0.0827. The van der Waals surface area contributed by atoms with Crippen LogP contribution in [0.25, 0.3) is 0 Å². The van der Waals surface area contributed by atoms with Crippen molar-refractivity contribution < 1.29 is 13.2 Å². The Labute approximate surface area is 138 Å². The molecule has 1 amide bonds. The molecule has 3 N–H and O–H groups in total. The zero-order valence-electron chi connectivity index (χ0n) is 13.7. The van der Waals surface area contributed by atoms with E-state index in [0.29, 0.717) is 11.5 Å². The Bertz CT molecular complexity index is 652. The van der Waals surface area contributed by atoms with Crippen molar-refractivity contribution in [3.8, 4) is 0 Å². The molecule has 0 radical (unpaired) electrons. The number of sulfonamides is 1. The third-order valence-electron chi connectivity index (χ3n) is 4.33. The summed E-state index contributed by atoms with van der Waals surface area (Å²) < 4.78 is 27.9. The highest BCUT2D eigenvalue weighted by atomic mass is 32.2.